The number of anilines is 4. The molecule has 36 heavy (non-hydrogen) atoms. The summed E-state index contributed by atoms with van der Waals surface area (Å²) >= 11 is 0. The number of rotatable bonds is 7. The predicted octanol–water partition coefficient (Wildman–Crippen LogP) is 6.73. The van der Waals surface area contributed by atoms with E-state index in [1.165, 1.54) is 16.8 Å². The van der Waals surface area contributed by atoms with Gasteiger partial charge < -0.3 is 16.0 Å². The number of hydrogen-bond acceptors (Lipinski definition) is 6. The molecule has 1 unspecified atom stereocenters. The Morgan fingerprint density at radius 2 is 1.50 bits per heavy atom. The van der Waals surface area contributed by atoms with Gasteiger partial charge in [0.1, 0.15) is 6.07 Å². The van der Waals surface area contributed by atoms with E-state index in [1.807, 2.05) is 18.3 Å². The molecule has 0 amide bonds. The quantitative estimate of drug-likeness (QED) is 0.152. The maximum Gasteiger partial charge on any atom is 0.203 e. The number of hydrogen-bond donors (Lipinski definition) is 3. The van der Waals surface area contributed by atoms with Gasteiger partial charge in [-0.1, -0.05) is 47.5 Å². The van der Waals surface area contributed by atoms with Gasteiger partial charge in [-0.05, 0) is 87.2 Å². The lowest BCUT2D eigenvalue weighted by atomic mass is 10.0. The van der Waals surface area contributed by atoms with Crippen molar-refractivity contribution in [2.45, 2.75) is 39.3 Å². The Labute approximate surface area is 213 Å². The van der Waals surface area contributed by atoms with Crippen molar-refractivity contribution in [3.8, 4) is 23.4 Å². The average molecular weight is 475 g/mol. The van der Waals surface area contributed by atoms with Crippen LogP contribution in [0.1, 0.15) is 32.3 Å². The van der Waals surface area contributed by atoms with Crippen LogP contribution in [0.5, 0.6) is 0 Å². The summed E-state index contributed by atoms with van der Waals surface area (Å²) in [6.07, 6.45) is 8.27. The number of nitrogen functional groups attached to an aromatic ring is 1. The van der Waals surface area contributed by atoms with E-state index in [9.17, 15) is 5.26 Å². The molecule has 0 bridgehead atoms. The number of benzene rings is 3. The number of nitrogens with zero attached hydrogens (tertiary/aromatic N) is 3. The van der Waals surface area contributed by atoms with E-state index in [2.05, 4.69) is 96.1 Å². The average Bonchev–Trinajstić information content (AvgIpc) is 2.88. The Morgan fingerprint density at radius 1 is 0.861 bits per heavy atom. The fraction of sp³-hybridized carbons (Fsp3) is 0.200. The van der Waals surface area contributed by atoms with Gasteiger partial charge >= 0.3 is 0 Å². The molecule has 0 aromatic heterocycles. The Hall–Kier alpha value is -4.68. The lowest BCUT2D eigenvalue weighted by Gasteiger charge is -2.30. The summed E-state index contributed by atoms with van der Waals surface area (Å²) < 4.78 is 0. The van der Waals surface area contributed by atoms with Gasteiger partial charge in [0.25, 0.3) is 0 Å². The second-order valence-corrected chi connectivity index (χ2v) is 9.29. The Bertz CT molecular complexity index is 1390. The largest absolute Gasteiger partial charge is 0.397 e. The van der Waals surface area contributed by atoms with Crippen molar-refractivity contribution in [1.29, 1.82) is 10.5 Å². The maximum atomic E-state index is 9.49. The van der Waals surface area contributed by atoms with Crippen LogP contribution < -0.4 is 21.3 Å². The first-order valence-electron chi connectivity index (χ1n) is 11.9. The molecule has 4 N–H and O–H groups in total. The molecule has 1 atom stereocenters. The zero-order valence-electron chi connectivity index (χ0n) is 20.8. The first-order valence-corrected chi connectivity index (χ1v) is 11.9. The summed E-state index contributed by atoms with van der Waals surface area (Å²) in [5, 5.41) is 24.0. The zero-order valence-corrected chi connectivity index (χ0v) is 20.8. The molecule has 3 aromatic carbocycles. The first-order chi connectivity index (χ1) is 17.3. The second-order valence-electron chi connectivity index (χ2n) is 9.29. The van der Waals surface area contributed by atoms with Crippen molar-refractivity contribution in [2.75, 3.05) is 16.0 Å². The number of allylic oxidation sites excluding steroid dienone is 4. The summed E-state index contributed by atoms with van der Waals surface area (Å²) in [7, 11) is 0. The minimum atomic E-state index is -1.26. The Balaban J connectivity index is 1.67. The molecule has 180 valence electrons. The highest BCUT2D eigenvalue weighted by atomic mass is 15.2. The summed E-state index contributed by atoms with van der Waals surface area (Å²) in [6.45, 7) is 5.86. The predicted molar refractivity (Wildman–Crippen MR) is 147 cm³/mol. The van der Waals surface area contributed by atoms with Crippen LogP contribution in [0.3, 0.4) is 0 Å². The third-order valence-electron chi connectivity index (χ3n) is 6.34. The van der Waals surface area contributed by atoms with Crippen LogP contribution in [0.4, 0.5) is 22.7 Å². The molecule has 1 aliphatic rings. The molecular formula is C30H30N6. The monoisotopic (exact) mass is 474 g/mol. The number of nitriles is 2. The lowest BCUT2D eigenvalue weighted by molar-refractivity contribution is 0.593. The van der Waals surface area contributed by atoms with Crippen molar-refractivity contribution < 1.29 is 0 Å². The van der Waals surface area contributed by atoms with E-state index in [1.54, 1.807) is 13.0 Å². The first kappa shape index (κ1) is 24.4. The summed E-state index contributed by atoms with van der Waals surface area (Å²) in [5.41, 5.74) is 14.0. The van der Waals surface area contributed by atoms with Crippen molar-refractivity contribution in [2.24, 2.45) is 0 Å². The third kappa shape index (κ3) is 5.35. The van der Waals surface area contributed by atoms with Crippen molar-refractivity contribution in [3.63, 3.8) is 0 Å². The number of nitrogens with two attached hydrogens (primary N) is 1. The maximum absolute atomic E-state index is 9.49. The number of aryl methyl sites for hydroxylation is 1. The molecule has 1 aliphatic carbocycles. The summed E-state index contributed by atoms with van der Waals surface area (Å²) in [6, 6.07) is 24.8. The molecule has 0 heterocycles. The zero-order chi connectivity index (χ0) is 25.7. The highest BCUT2D eigenvalue weighted by molar-refractivity contribution is 5.78. The molecular weight excluding hydrogens is 444 g/mol. The molecule has 3 aromatic rings. The molecule has 6 nitrogen and oxygen atoms in total. The standard InChI is InChI=1S/C30H30N6/c1-21-4-11-25(12-5-21)36(26-13-6-22(2)7-14-26)27-15-8-23(9-16-27)24-10-17-28(33)29(18-24)35-30(3,19-31)34-20-32/h4-6,8-13,15-18,34-35H,7,14,33H2,1-3H3. The van der Waals surface area contributed by atoms with E-state index < -0.39 is 5.66 Å². The van der Waals surface area contributed by atoms with Crippen molar-refractivity contribution >= 4 is 22.7 Å². The third-order valence-corrected chi connectivity index (χ3v) is 6.34. The molecule has 0 saturated carbocycles. The smallest absolute Gasteiger partial charge is 0.203 e. The highest BCUT2D eigenvalue weighted by Gasteiger charge is 2.24. The van der Waals surface area contributed by atoms with Gasteiger partial charge in [0, 0.05) is 17.1 Å². The summed E-state index contributed by atoms with van der Waals surface area (Å²) in [4.78, 5) is 2.31. The molecule has 0 aliphatic heterocycles. The lowest BCUT2D eigenvalue weighted by Crippen LogP contribution is -2.45. The van der Waals surface area contributed by atoms with Crippen LogP contribution in [-0.4, -0.2) is 5.66 Å². The van der Waals surface area contributed by atoms with Gasteiger partial charge in [0.05, 0.1) is 11.4 Å². The van der Waals surface area contributed by atoms with Gasteiger partial charge in [-0.25, -0.2) is 0 Å². The van der Waals surface area contributed by atoms with Crippen LogP contribution >= 0.6 is 0 Å². The minimum absolute atomic E-state index is 0.495. The SMILES string of the molecule is CC1=CC=C(N(c2ccc(C)cc2)c2ccc(-c3ccc(N)c(NC(C)(C#N)NC#N)c3)cc2)CC1. The van der Waals surface area contributed by atoms with Gasteiger partial charge in [-0.3, -0.25) is 5.32 Å². The molecule has 0 radical (unpaired) electrons. The molecule has 0 spiro atoms. The van der Waals surface area contributed by atoms with Gasteiger partial charge in [0.2, 0.25) is 5.66 Å². The Kier molecular flexibility index (Phi) is 6.99. The normalized spacial score (nSPS) is 14.4. The van der Waals surface area contributed by atoms with E-state index in [-0.39, 0.29) is 0 Å². The summed E-state index contributed by atoms with van der Waals surface area (Å²) in [5.74, 6) is 0. The topological polar surface area (TPSA) is 101 Å². The fourth-order valence-electron chi connectivity index (χ4n) is 4.21. The van der Waals surface area contributed by atoms with E-state index >= 15 is 0 Å². The van der Waals surface area contributed by atoms with Gasteiger partial charge in [0.15, 0.2) is 6.19 Å². The van der Waals surface area contributed by atoms with Crippen LogP contribution in [0.2, 0.25) is 0 Å². The van der Waals surface area contributed by atoms with Gasteiger partial charge in [-0.15, -0.1) is 0 Å². The highest BCUT2D eigenvalue weighted by Crippen LogP contribution is 2.36. The van der Waals surface area contributed by atoms with Crippen LogP contribution in [0, 0.1) is 29.7 Å². The van der Waals surface area contributed by atoms with Crippen LogP contribution in [0.15, 0.2) is 90.2 Å². The van der Waals surface area contributed by atoms with E-state index in [0.29, 0.717) is 11.4 Å². The molecule has 4 rings (SSSR count). The molecule has 0 saturated heterocycles. The van der Waals surface area contributed by atoms with E-state index in [4.69, 9.17) is 11.0 Å². The second kappa shape index (κ2) is 10.3. The molecule has 0 fully saturated rings. The van der Waals surface area contributed by atoms with Crippen LogP contribution in [0.25, 0.3) is 11.1 Å². The fourth-order valence-corrected chi connectivity index (χ4v) is 4.21. The number of nitrogens with one attached hydrogen (secondary N) is 2. The van der Waals surface area contributed by atoms with Crippen molar-refractivity contribution in [1.82, 2.24) is 5.32 Å². The Morgan fingerprint density at radius 3 is 2.08 bits per heavy atom. The molecule has 6 heteroatoms. The van der Waals surface area contributed by atoms with Gasteiger partial charge in [-0.2, -0.15) is 10.5 Å². The van der Waals surface area contributed by atoms with E-state index in [0.717, 1.165) is 35.3 Å². The minimum Gasteiger partial charge on any atom is -0.397 e. The van der Waals surface area contributed by atoms with Crippen molar-refractivity contribution in [3.05, 3.63) is 95.7 Å². The van der Waals surface area contributed by atoms with Crippen LogP contribution in [-0.2, 0) is 0 Å².